The first-order valence-electron chi connectivity index (χ1n) is 5.75. The second kappa shape index (κ2) is 4.78. The standard InChI is InChI=1S/C13H16BrNO2/c1-13(17)6-8-15(9-7-13)12(16)10-2-4-11(14)5-3-10/h2-5,17H,6-9H2,1H3. The number of halogens is 1. The number of hydrogen-bond donors (Lipinski definition) is 1. The number of rotatable bonds is 1. The smallest absolute Gasteiger partial charge is 0.253 e. The Hall–Kier alpha value is -0.870. The molecule has 0 spiro atoms. The topological polar surface area (TPSA) is 40.5 Å². The molecule has 0 atom stereocenters. The van der Waals surface area contributed by atoms with Gasteiger partial charge in [0.25, 0.3) is 5.91 Å². The van der Waals surface area contributed by atoms with Gasteiger partial charge in [-0.15, -0.1) is 0 Å². The van der Waals surface area contributed by atoms with E-state index in [-0.39, 0.29) is 5.91 Å². The zero-order valence-electron chi connectivity index (χ0n) is 9.82. The molecule has 17 heavy (non-hydrogen) atoms. The summed E-state index contributed by atoms with van der Waals surface area (Å²) < 4.78 is 0.968. The van der Waals surface area contributed by atoms with Crippen LogP contribution in [0.25, 0.3) is 0 Å². The lowest BCUT2D eigenvalue weighted by molar-refractivity contribution is -0.00202. The molecule has 0 aromatic heterocycles. The van der Waals surface area contributed by atoms with Crippen LogP contribution in [0, 0.1) is 0 Å². The number of benzene rings is 1. The van der Waals surface area contributed by atoms with Crippen LogP contribution >= 0.6 is 15.9 Å². The Bertz CT molecular complexity index is 404. The van der Waals surface area contributed by atoms with Gasteiger partial charge in [0.15, 0.2) is 0 Å². The Morgan fingerprint density at radius 2 is 1.82 bits per heavy atom. The SMILES string of the molecule is CC1(O)CCN(C(=O)c2ccc(Br)cc2)CC1. The molecule has 1 amide bonds. The van der Waals surface area contributed by atoms with Gasteiger partial charge in [0.2, 0.25) is 0 Å². The van der Waals surface area contributed by atoms with Gasteiger partial charge in [0, 0.05) is 23.1 Å². The van der Waals surface area contributed by atoms with E-state index in [2.05, 4.69) is 15.9 Å². The van der Waals surface area contributed by atoms with Gasteiger partial charge in [0.05, 0.1) is 5.60 Å². The average Bonchev–Trinajstić information content (AvgIpc) is 2.29. The highest BCUT2D eigenvalue weighted by atomic mass is 79.9. The summed E-state index contributed by atoms with van der Waals surface area (Å²) in [5.74, 6) is 0.0491. The van der Waals surface area contributed by atoms with Crippen molar-refractivity contribution in [3.63, 3.8) is 0 Å². The number of carbonyl (C=O) groups is 1. The third kappa shape index (κ3) is 3.07. The fourth-order valence-corrected chi connectivity index (χ4v) is 2.23. The average molecular weight is 298 g/mol. The molecule has 1 heterocycles. The van der Waals surface area contributed by atoms with Crippen molar-refractivity contribution in [3.05, 3.63) is 34.3 Å². The largest absolute Gasteiger partial charge is 0.390 e. The molecule has 1 aliphatic heterocycles. The van der Waals surface area contributed by atoms with Crippen molar-refractivity contribution in [3.8, 4) is 0 Å². The molecular weight excluding hydrogens is 282 g/mol. The zero-order valence-corrected chi connectivity index (χ0v) is 11.4. The van der Waals surface area contributed by atoms with Gasteiger partial charge in [0.1, 0.15) is 0 Å². The Morgan fingerprint density at radius 1 is 1.29 bits per heavy atom. The van der Waals surface area contributed by atoms with Crippen LogP contribution in [0.1, 0.15) is 30.1 Å². The van der Waals surface area contributed by atoms with Crippen LogP contribution in [0.5, 0.6) is 0 Å². The summed E-state index contributed by atoms with van der Waals surface area (Å²) in [6.45, 7) is 3.08. The highest BCUT2D eigenvalue weighted by Crippen LogP contribution is 2.22. The summed E-state index contributed by atoms with van der Waals surface area (Å²) in [4.78, 5) is 14.0. The van der Waals surface area contributed by atoms with E-state index in [0.717, 1.165) is 4.47 Å². The lowest BCUT2D eigenvalue weighted by Gasteiger charge is -2.35. The van der Waals surface area contributed by atoms with Gasteiger partial charge in [-0.25, -0.2) is 0 Å². The molecule has 0 saturated carbocycles. The molecule has 0 radical (unpaired) electrons. The predicted octanol–water partition coefficient (Wildman–Crippen LogP) is 2.44. The minimum absolute atomic E-state index is 0.0491. The van der Waals surface area contributed by atoms with Crippen molar-refractivity contribution in [2.45, 2.75) is 25.4 Å². The number of carbonyl (C=O) groups excluding carboxylic acids is 1. The van der Waals surface area contributed by atoms with E-state index in [1.807, 2.05) is 31.2 Å². The molecule has 4 heteroatoms. The Balaban J connectivity index is 2.04. The van der Waals surface area contributed by atoms with Gasteiger partial charge < -0.3 is 10.0 Å². The Labute approximate surface area is 110 Å². The molecule has 1 aromatic carbocycles. The number of piperidine rings is 1. The van der Waals surface area contributed by atoms with Gasteiger partial charge >= 0.3 is 0 Å². The van der Waals surface area contributed by atoms with Crippen molar-refractivity contribution in [1.82, 2.24) is 4.90 Å². The van der Waals surface area contributed by atoms with Crippen LogP contribution in [-0.4, -0.2) is 34.6 Å². The van der Waals surface area contributed by atoms with Crippen LogP contribution in [0.15, 0.2) is 28.7 Å². The van der Waals surface area contributed by atoms with Crippen molar-refractivity contribution < 1.29 is 9.90 Å². The minimum Gasteiger partial charge on any atom is -0.390 e. The molecule has 3 nitrogen and oxygen atoms in total. The summed E-state index contributed by atoms with van der Waals surface area (Å²) in [7, 11) is 0. The number of hydrogen-bond acceptors (Lipinski definition) is 2. The fourth-order valence-electron chi connectivity index (χ4n) is 1.97. The molecule has 1 saturated heterocycles. The summed E-state index contributed by atoms with van der Waals surface area (Å²) in [5, 5.41) is 9.84. The molecule has 92 valence electrons. The van der Waals surface area contributed by atoms with Gasteiger partial charge in [-0.2, -0.15) is 0 Å². The maximum Gasteiger partial charge on any atom is 0.253 e. The first kappa shape index (κ1) is 12.6. The second-order valence-electron chi connectivity index (χ2n) is 4.80. The van der Waals surface area contributed by atoms with Gasteiger partial charge in [-0.05, 0) is 44.0 Å². The first-order valence-corrected chi connectivity index (χ1v) is 6.54. The van der Waals surface area contributed by atoms with E-state index < -0.39 is 5.60 Å². The van der Waals surface area contributed by atoms with E-state index >= 15 is 0 Å². The summed E-state index contributed by atoms with van der Waals surface area (Å²) in [6.07, 6.45) is 1.30. The van der Waals surface area contributed by atoms with E-state index in [9.17, 15) is 9.90 Å². The Morgan fingerprint density at radius 3 is 2.35 bits per heavy atom. The maximum absolute atomic E-state index is 12.2. The molecule has 0 bridgehead atoms. The van der Waals surface area contributed by atoms with E-state index in [0.29, 0.717) is 31.5 Å². The van der Waals surface area contributed by atoms with Crippen LogP contribution in [-0.2, 0) is 0 Å². The molecule has 2 rings (SSSR count). The highest BCUT2D eigenvalue weighted by molar-refractivity contribution is 9.10. The maximum atomic E-state index is 12.2. The molecule has 0 unspecified atom stereocenters. The van der Waals surface area contributed by atoms with Gasteiger partial charge in [-0.1, -0.05) is 15.9 Å². The minimum atomic E-state index is -0.615. The quantitative estimate of drug-likeness (QED) is 0.865. The van der Waals surface area contributed by atoms with Crippen LogP contribution in [0.3, 0.4) is 0 Å². The van der Waals surface area contributed by atoms with Crippen molar-refractivity contribution in [2.75, 3.05) is 13.1 Å². The van der Waals surface area contributed by atoms with Crippen LogP contribution in [0.2, 0.25) is 0 Å². The van der Waals surface area contributed by atoms with Gasteiger partial charge in [-0.3, -0.25) is 4.79 Å². The third-order valence-electron chi connectivity index (χ3n) is 3.22. The normalized spacial score (nSPS) is 19.1. The van der Waals surface area contributed by atoms with E-state index in [1.54, 1.807) is 4.90 Å². The number of aliphatic hydroxyl groups is 1. The zero-order chi connectivity index (χ0) is 12.5. The second-order valence-corrected chi connectivity index (χ2v) is 5.71. The fraction of sp³-hybridized carbons (Fsp3) is 0.462. The first-order chi connectivity index (χ1) is 7.98. The number of likely N-dealkylation sites (tertiary alicyclic amines) is 1. The molecule has 1 aliphatic rings. The van der Waals surface area contributed by atoms with Crippen molar-refractivity contribution in [1.29, 1.82) is 0 Å². The lowest BCUT2D eigenvalue weighted by atomic mass is 9.93. The third-order valence-corrected chi connectivity index (χ3v) is 3.75. The van der Waals surface area contributed by atoms with Crippen molar-refractivity contribution >= 4 is 21.8 Å². The summed E-state index contributed by atoms with van der Waals surface area (Å²) in [5.41, 5.74) is 0.0889. The monoisotopic (exact) mass is 297 g/mol. The lowest BCUT2D eigenvalue weighted by Crippen LogP contribution is -2.45. The van der Waals surface area contributed by atoms with Crippen LogP contribution < -0.4 is 0 Å². The predicted molar refractivity (Wildman–Crippen MR) is 69.9 cm³/mol. The summed E-state index contributed by atoms with van der Waals surface area (Å²) >= 11 is 3.35. The summed E-state index contributed by atoms with van der Waals surface area (Å²) in [6, 6.07) is 7.37. The van der Waals surface area contributed by atoms with Crippen LogP contribution in [0.4, 0.5) is 0 Å². The van der Waals surface area contributed by atoms with Crippen molar-refractivity contribution in [2.24, 2.45) is 0 Å². The molecular formula is C13H16BrNO2. The molecule has 1 aromatic rings. The molecule has 1 fully saturated rings. The number of nitrogens with zero attached hydrogens (tertiary/aromatic N) is 1. The number of amides is 1. The van der Waals surface area contributed by atoms with E-state index in [4.69, 9.17) is 0 Å². The Kier molecular flexibility index (Phi) is 3.54. The molecule has 0 aliphatic carbocycles. The molecule has 1 N–H and O–H groups in total. The highest BCUT2D eigenvalue weighted by Gasteiger charge is 2.29. The van der Waals surface area contributed by atoms with E-state index in [1.165, 1.54) is 0 Å².